The van der Waals surface area contributed by atoms with Gasteiger partial charge in [-0.3, -0.25) is 9.48 Å². The van der Waals surface area contributed by atoms with E-state index in [9.17, 15) is 18.0 Å². The molecule has 7 nitrogen and oxygen atoms in total. The molecule has 2 fully saturated rings. The molecular weight excluding hydrogens is 451 g/mol. The summed E-state index contributed by atoms with van der Waals surface area (Å²) in [5, 5.41) is 4.15. The number of halogens is 3. The summed E-state index contributed by atoms with van der Waals surface area (Å²) >= 11 is 0. The molecule has 0 spiro atoms. The molecule has 2 atom stereocenters. The summed E-state index contributed by atoms with van der Waals surface area (Å²) in [6, 6.07) is 6.20. The van der Waals surface area contributed by atoms with Crippen molar-refractivity contribution in [2.45, 2.75) is 57.0 Å². The molecule has 1 saturated heterocycles. The van der Waals surface area contributed by atoms with Crippen LogP contribution in [0.4, 0.5) is 13.2 Å². The molecule has 34 heavy (non-hydrogen) atoms. The number of benzene rings is 1. The number of ether oxygens (including phenoxy) is 3. The van der Waals surface area contributed by atoms with Gasteiger partial charge in [-0.15, -0.1) is 0 Å². The van der Waals surface area contributed by atoms with Gasteiger partial charge in [-0.1, -0.05) is 12.1 Å². The summed E-state index contributed by atoms with van der Waals surface area (Å²) in [7, 11) is 3.15. The van der Waals surface area contributed by atoms with E-state index in [1.165, 1.54) is 0 Å². The fourth-order valence-corrected chi connectivity index (χ4v) is 4.63. The minimum Gasteiger partial charge on any atom is -0.496 e. The van der Waals surface area contributed by atoms with Crippen LogP contribution in [0, 0.1) is 6.92 Å². The first-order valence-corrected chi connectivity index (χ1v) is 11.4. The van der Waals surface area contributed by atoms with E-state index in [4.69, 9.17) is 14.2 Å². The molecule has 10 heteroatoms. The highest BCUT2D eigenvalue weighted by Gasteiger charge is 2.42. The Morgan fingerprint density at radius 3 is 2.59 bits per heavy atom. The number of carbonyl (C=O) groups excluding carboxylic acids is 1. The molecular formula is C24H30F3N3O4. The van der Waals surface area contributed by atoms with E-state index in [1.54, 1.807) is 19.1 Å². The normalized spacial score (nSPS) is 20.7. The van der Waals surface area contributed by atoms with Gasteiger partial charge in [0, 0.05) is 19.6 Å². The van der Waals surface area contributed by atoms with Crippen LogP contribution in [0.1, 0.15) is 53.7 Å². The van der Waals surface area contributed by atoms with Crippen LogP contribution in [0.25, 0.3) is 0 Å². The predicted octanol–water partition coefficient (Wildman–Crippen LogP) is 4.10. The molecule has 1 aromatic heterocycles. The molecule has 0 bridgehead atoms. The monoisotopic (exact) mass is 481 g/mol. The average molecular weight is 482 g/mol. The summed E-state index contributed by atoms with van der Waals surface area (Å²) in [6.45, 7) is 2.55. The quantitative estimate of drug-likeness (QED) is 0.505. The van der Waals surface area contributed by atoms with Gasteiger partial charge >= 0.3 is 6.18 Å². The van der Waals surface area contributed by atoms with E-state index in [2.05, 4.69) is 5.10 Å². The van der Waals surface area contributed by atoms with Gasteiger partial charge in [-0.25, -0.2) is 0 Å². The van der Waals surface area contributed by atoms with E-state index in [-0.39, 0.29) is 12.0 Å². The first-order valence-electron chi connectivity index (χ1n) is 11.4. The third-order valence-corrected chi connectivity index (χ3v) is 6.52. The molecule has 2 heterocycles. The zero-order valence-electron chi connectivity index (χ0n) is 19.6. The van der Waals surface area contributed by atoms with Crippen LogP contribution in [0.2, 0.25) is 0 Å². The zero-order chi connectivity index (χ0) is 24.5. The van der Waals surface area contributed by atoms with Gasteiger partial charge in [0.25, 0.3) is 0 Å². The maximum atomic E-state index is 13.7. The minimum absolute atomic E-state index is 0.0509. The number of hydrogen-bond acceptors (Lipinski definition) is 5. The number of amides is 1. The fourth-order valence-electron chi connectivity index (χ4n) is 4.63. The highest BCUT2D eigenvalue weighted by atomic mass is 19.4. The lowest BCUT2D eigenvalue weighted by Crippen LogP contribution is -2.37. The molecule has 1 aromatic carbocycles. The van der Waals surface area contributed by atoms with Crippen molar-refractivity contribution in [3.05, 3.63) is 46.8 Å². The van der Waals surface area contributed by atoms with Crippen molar-refractivity contribution in [3.8, 4) is 5.75 Å². The number of rotatable bonds is 9. The van der Waals surface area contributed by atoms with E-state index in [0.29, 0.717) is 37.6 Å². The second-order valence-corrected chi connectivity index (χ2v) is 8.78. The molecule has 186 valence electrons. The first kappa shape index (κ1) is 24.5. The zero-order valence-corrected chi connectivity index (χ0v) is 19.6. The third kappa shape index (κ3) is 5.07. The van der Waals surface area contributed by atoms with Crippen molar-refractivity contribution in [1.82, 2.24) is 14.7 Å². The number of nitrogens with zero attached hydrogens (tertiary/aromatic N) is 3. The van der Waals surface area contributed by atoms with Crippen molar-refractivity contribution in [2.75, 3.05) is 34.0 Å². The van der Waals surface area contributed by atoms with Crippen molar-refractivity contribution >= 4 is 5.91 Å². The Bertz CT molecular complexity index is 1020. The number of hydrogen-bond donors (Lipinski definition) is 0. The third-order valence-electron chi connectivity index (χ3n) is 6.52. The van der Waals surface area contributed by atoms with Gasteiger partial charge in [-0.2, -0.15) is 18.3 Å². The van der Waals surface area contributed by atoms with Gasteiger partial charge in [0.2, 0.25) is 5.91 Å². The van der Waals surface area contributed by atoms with E-state index < -0.39 is 30.4 Å². The highest BCUT2D eigenvalue weighted by molar-refractivity contribution is 5.77. The topological polar surface area (TPSA) is 65.8 Å². The smallest absolute Gasteiger partial charge is 0.433 e. The SMILES string of the molecule is COCCO[C@@H]1CCN(C(=O)Cn2nc(C3CC3)cc2C(F)(F)F)[C@@H]1c1cccc(OC)c1C. The standard InChI is InChI=1S/C24H30F3N3O4/c1-15-17(5-4-6-19(15)33-3)23-20(34-12-11-32-2)9-10-29(23)22(31)14-30-21(24(25,26)27)13-18(28-30)16-7-8-16/h4-6,13,16,20,23H,7-12,14H2,1-3H3/t20-,23-/m1/s1. The predicted molar refractivity (Wildman–Crippen MR) is 118 cm³/mol. The summed E-state index contributed by atoms with van der Waals surface area (Å²) in [4.78, 5) is 15.0. The molecule has 1 amide bonds. The van der Waals surface area contributed by atoms with Crippen molar-refractivity contribution < 1.29 is 32.2 Å². The molecule has 0 unspecified atom stereocenters. The van der Waals surface area contributed by atoms with Crippen molar-refractivity contribution in [2.24, 2.45) is 0 Å². The highest BCUT2D eigenvalue weighted by Crippen LogP contribution is 2.42. The Hall–Kier alpha value is -2.59. The number of likely N-dealkylation sites (tertiary alicyclic amines) is 1. The number of aromatic nitrogens is 2. The van der Waals surface area contributed by atoms with Crippen LogP contribution >= 0.6 is 0 Å². The lowest BCUT2D eigenvalue weighted by Gasteiger charge is -2.30. The molecule has 1 aliphatic heterocycles. The Kier molecular flexibility index (Phi) is 7.18. The van der Waals surface area contributed by atoms with Gasteiger partial charge in [-0.05, 0) is 49.4 Å². The molecule has 2 aromatic rings. The Balaban J connectivity index is 1.62. The Morgan fingerprint density at radius 1 is 1.18 bits per heavy atom. The largest absolute Gasteiger partial charge is 0.496 e. The maximum Gasteiger partial charge on any atom is 0.433 e. The molecule has 4 rings (SSSR count). The van der Waals surface area contributed by atoms with Gasteiger partial charge in [0.1, 0.15) is 18.0 Å². The Labute approximate surface area is 196 Å². The summed E-state index contributed by atoms with van der Waals surface area (Å²) in [5.74, 6) is 0.295. The second kappa shape index (κ2) is 9.95. The lowest BCUT2D eigenvalue weighted by atomic mass is 9.96. The summed E-state index contributed by atoms with van der Waals surface area (Å²) < 4.78 is 58.3. The number of carbonyl (C=O) groups is 1. The molecule has 0 N–H and O–H groups in total. The lowest BCUT2D eigenvalue weighted by molar-refractivity contribution is -0.146. The van der Waals surface area contributed by atoms with Crippen LogP contribution < -0.4 is 4.74 Å². The van der Waals surface area contributed by atoms with Crippen LogP contribution in [-0.4, -0.2) is 60.7 Å². The van der Waals surface area contributed by atoms with Crippen molar-refractivity contribution in [1.29, 1.82) is 0 Å². The van der Waals surface area contributed by atoms with Crippen LogP contribution in [-0.2, 0) is 27.0 Å². The number of alkyl halides is 3. The van der Waals surface area contributed by atoms with Crippen molar-refractivity contribution in [3.63, 3.8) is 0 Å². The molecule has 2 aliphatic rings. The van der Waals surface area contributed by atoms with E-state index in [1.807, 2.05) is 25.1 Å². The van der Waals surface area contributed by atoms with E-state index >= 15 is 0 Å². The number of methoxy groups -OCH3 is 2. The summed E-state index contributed by atoms with van der Waals surface area (Å²) in [6.07, 6.45) is -2.68. The van der Waals surface area contributed by atoms with E-state index in [0.717, 1.165) is 34.7 Å². The maximum absolute atomic E-state index is 13.7. The van der Waals surface area contributed by atoms with Gasteiger partial charge < -0.3 is 19.1 Å². The Morgan fingerprint density at radius 2 is 1.94 bits per heavy atom. The van der Waals surface area contributed by atoms with Gasteiger partial charge in [0.15, 0.2) is 0 Å². The minimum atomic E-state index is -4.58. The average Bonchev–Trinajstić information content (AvgIpc) is 3.41. The summed E-state index contributed by atoms with van der Waals surface area (Å²) in [5.41, 5.74) is 1.23. The molecule has 0 radical (unpaired) electrons. The van der Waals surface area contributed by atoms with Gasteiger partial charge in [0.05, 0.1) is 38.2 Å². The second-order valence-electron chi connectivity index (χ2n) is 8.78. The fraction of sp³-hybridized carbons (Fsp3) is 0.583. The van der Waals surface area contributed by atoms with Crippen LogP contribution in [0.5, 0.6) is 5.75 Å². The van der Waals surface area contributed by atoms with Crippen LogP contribution in [0.15, 0.2) is 24.3 Å². The molecule has 1 aliphatic carbocycles. The van der Waals surface area contributed by atoms with Crippen LogP contribution in [0.3, 0.4) is 0 Å². The first-order chi connectivity index (χ1) is 16.2. The molecule has 1 saturated carbocycles.